The van der Waals surface area contributed by atoms with Crippen LogP contribution in [0.5, 0.6) is 0 Å². The van der Waals surface area contributed by atoms with Gasteiger partial charge in [-0.1, -0.05) is 25.1 Å². The van der Waals surface area contributed by atoms with E-state index in [9.17, 15) is 0 Å². The van der Waals surface area contributed by atoms with E-state index < -0.39 is 0 Å². The number of pyridine rings is 2. The fourth-order valence-electron chi connectivity index (χ4n) is 5.73. The van der Waals surface area contributed by atoms with E-state index in [4.69, 9.17) is 4.74 Å². The zero-order valence-electron chi connectivity index (χ0n) is 23.1. The van der Waals surface area contributed by atoms with Gasteiger partial charge in [-0.15, -0.1) is 0 Å². The van der Waals surface area contributed by atoms with Crippen LogP contribution in [0.2, 0.25) is 0 Å². The molecule has 0 bridgehead atoms. The van der Waals surface area contributed by atoms with Crippen LogP contribution >= 0.6 is 0 Å². The molecule has 7 nitrogen and oxygen atoms in total. The average Bonchev–Trinajstić information content (AvgIpc) is 3.26. The fourth-order valence-corrected chi connectivity index (χ4v) is 5.73. The molecule has 1 N–H and O–H groups in total. The van der Waals surface area contributed by atoms with Gasteiger partial charge in [0.2, 0.25) is 0 Å². The molecule has 202 valence electrons. The Balaban J connectivity index is 1.24. The molecule has 2 saturated heterocycles. The van der Waals surface area contributed by atoms with Crippen molar-refractivity contribution in [2.24, 2.45) is 7.05 Å². The molecule has 0 unspecified atom stereocenters. The highest BCUT2D eigenvalue weighted by atomic mass is 16.5. The zero-order valence-corrected chi connectivity index (χ0v) is 23.1. The van der Waals surface area contributed by atoms with Gasteiger partial charge >= 0.3 is 0 Å². The number of anilines is 2. The van der Waals surface area contributed by atoms with Gasteiger partial charge in [0.1, 0.15) is 11.6 Å². The third-order valence-electron chi connectivity index (χ3n) is 8.16. The summed E-state index contributed by atoms with van der Waals surface area (Å²) in [6, 6.07) is 15.2. The van der Waals surface area contributed by atoms with Crippen molar-refractivity contribution >= 4 is 28.1 Å². The Morgan fingerprint density at radius 2 is 1.77 bits per heavy atom. The maximum Gasteiger partial charge on any atom is 0.130 e. The van der Waals surface area contributed by atoms with E-state index in [0.29, 0.717) is 0 Å². The lowest BCUT2D eigenvalue weighted by molar-refractivity contribution is 0.122. The van der Waals surface area contributed by atoms with Gasteiger partial charge in [0.05, 0.1) is 13.2 Å². The number of fused-ring (bicyclic) bond motifs is 1. The Labute approximate surface area is 231 Å². The van der Waals surface area contributed by atoms with Gasteiger partial charge in [-0.05, 0) is 74.1 Å². The second kappa shape index (κ2) is 11.2. The van der Waals surface area contributed by atoms with Gasteiger partial charge in [0.15, 0.2) is 0 Å². The van der Waals surface area contributed by atoms with Crippen LogP contribution in [0, 0.1) is 6.92 Å². The topological polar surface area (TPSA) is 58.5 Å². The van der Waals surface area contributed by atoms with Gasteiger partial charge in [-0.2, -0.15) is 0 Å². The van der Waals surface area contributed by atoms with Crippen molar-refractivity contribution in [3.05, 3.63) is 78.4 Å². The molecule has 2 fully saturated rings. The van der Waals surface area contributed by atoms with Gasteiger partial charge < -0.3 is 19.5 Å². The molecule has 2 aliphatic heterocycles. The predicted octanol–water partition coefficient (Wildman–Crippen LogP) is 5.85. The first-order chi connectivity index (χ1) is 19.0. The first-order valence-electron chi connectivity index (χ1n) is 14.1. The summed E-state index contributed by atoms with van der Waals surface area (Å²) in [4.78, 5) is 14.1. The second-order valence-electron chi connectivity index (χ2n) is 10.8. The van der Waals surface area contributed by atoms with Crippen LogP contribution in [0.4, 0.5) is 11.6 Å². The number of likely N-dealkylation sites (tertiary alicyclic amines) is 1. The van der Waals surface area contributed by atoms with E-state index in [1.807, 2.05) is 18.5 Å². The number of nitrogens with one attached hydrogen (secondary N) is 1. The molecule has 0 radical (unpaired) electrons. The minimum Gasteiger partial charge on any atom is -0.378 e. The third kappa shape index (κ3) is 5.56. The van der Waals surface area contributed by atoms with E-state index in [1.165, 1.54) is 54.9 Å². The minimum absolute atomic E-state index is 0.733. The number of morpholine rings is 1. The summed E-state index contributed by atoms with van der Waals surface area (Å²) in [7, 11) is 2.19. The van der Waals surface area contributed by atoms with E-state index in [0.717, 1.165) is 66.5 Å². The summed E-state index contributed by atoms with van der Waals surface area (Å²) >= 11 is 0. The molecule has 0 amide bonds. The number of aromatic nitrogens is 3. The van der Waals surface area contributed by atoms with Gasteiger partial charge in [0.25, 0.3) is 0 Å². The molecule has 2 aliphatic rings. The molecular weight excluding hydrogens is 484 g/mol. The van der Waals surface area contributed by atoms with Crippen LogP contribution in [0.1, 0.15) is 36.2 Å². The Morgan fingerprint density at radius 1 is 0.949 bits per heavy atom. The second-order valence-corrected chi connectivity index (χ2v) is 10.8. The number of benzene rings is 1. The SMILES string of the molecule is C=C(Nc1cc2cc(-c3cc(C)n(C)c3CN3CCCCC3)ccc2cn1)c1ccnc(N2CCOCC2)c1. The number of piperidine rings is 1. The van der Waals surface area contributed by atoms with Crippen molar-refractivity contribution in [3.8, 4) is 11.1 Å². The largest absolute Gasteiger partial charge is 0.378 e. The summed E-state index contributed by atoms with van der Waals surface area (Å²) in [5.74, 6) is 1.74. The summed E-state index contributed by atoms with van der Waals surface area (Å²) in [5.41, 5.74) is 7.06. The standard InChI is InChI=1S/C32H38N6O/c1-23-17-29(30(36(23)3)22-37-11-5-4-6-12-37)26-7-8-27-21-34-31(19-28(27)18-26)35-24(2)25-9-10-33-32(20-25)38-13-15-39-16-14-38/h7-10,17-21H,2,4-6,11-16,22H2,1,3H3,(H,34,35). The summed E-state index contributed by atoms with van der Waals surface area (Å²) in [6.07, 6.45) is 7.74. The van der Waals surface area contributed by atoms with E-state index >= 15 is 0 Å². The number of ether oxygens (including phenoxy) is 1. The number of aryl methyl sites for hydroxylation is 1. The van der Waals surface area contributed by atoms with E-state index in [-0.39, 0.29) is 0 Å². The van der Waals surface area contributed by atoms with Crippen molar-refractivity contribution < 1.29 is 4.74 Å². The first-order valence-corrected chi connectivity index (χ1v) is 14.1. The molecule has 5 heterocycles. The lowest BCUT2D eigenvalue weighted by Gasteiger charge is -2.28. The van der Waals surface area contributed by atoms with Crippen molar-refractivity contribution in [1.29, 1.82) is 0 Å². The van der Waals surface area contributed by atoms with Crippen molar-refractivity contribution in [3.63, 3.8) is 0 Å². The van der Waals surface area contributed by atoms with Gasteiger partial charge in [0, 0.05) is 72.7 Å². The molecular formula is C32H38N6O. The van der Waals surface area contributed by atoms with Crippen LogP contribution in [-0.4, -0.2) is 58.8 Å². The van der Waals surface area contributed by atoms with E-state index in [1.54, 1.807) is 0 Å². The molecule has 6 rings (SSSR count). The molecule has 1 aromatic carbocycles. The molecule has 7 heteroatoms. The maximum atomic E-state index is 5.49. The lowest BCUT2D eigenvalue weighted by atomic mass is 10.0. The Hall–Kier alpha value is -3.68. The summed E-state index contributed by atoms with van der Waals surface area (Å²) in [5, 5.41) is 5.71. The molecule has 39 heavy (non-hydrogen) atoms. The van der Waals surface area contributed by atoms with Gasteiger partial charge in [-0.25, -0.2) is 9.97 Å². The van der Waals surface area contributed by atoms with Crippen LogP contribution in [0.15, 0.2) is 61.4 Å². The van der Waals surface area contributed by atoms with Crippen LogP contribution in [0.25, 0.3) is 27.6 Å². The summed E-state index contributed by atoms with van der Waals surface area (Å²) < 4.78 is 7.84. The molecule has 0 spiro atoms. The quantitative estimate of drug-likeness (QED) is 0.329. The van der Waals surface area contributed by atoms with Gasteiger partial charge in [-0.3, -0.25) is 4.90 Å². The Morgan fingerprint density at radius 3 is 2.59 bits per heavy atom. The van der Waals surface area contributed by atoms with Crippen molar-refractivity contribution in [2.45, 2.75) is 32.7 Å². The molecule has 3 aromatic heterocycles. The highest BCUT2D eigenvalue weighted by molar-refractivity contribution is 5.90. The Bertz CT molecular complexity index is 1480. The minimum atomic E-state index is 0.733. The molecule has 0 saturated carbocycles. The number of rotatable bonds is 7. The highest BCUT2D eigenvalue weighted by Crippen LogP contribution is 2.32. The van der Waals surface area contributed by atoms with Crippen LogP contribution in [0.3, 0.4) is 0 Å². The first kappa shape index (κ1) is 25.6. The summed E-state index contributed by atoms with van der Waals surface area (Å²) in [6.45, 7) is 13.1. The fraction of sp³-hybridized carbons (Fsp3) is 0.375. The Kier molecular flexibility index (Phi) is 7.35. The molecule has 4 aromatic rings. The predicted molar refractivity (Wildman–Crippen MR) is 160 cm³/mol. The average molecular weight is 523 g/mol. The monoisotopic (exact) mass is 522 g/mol. The highest BCUT2D eigenvalue weighted by Gasteiger charge is 2.18. The van der Waals surface area contributed by atoms with Crippen LogP contribution < -0.4 is 10.2 Å². The number of hydrogen-bond acceptors (Lipinski definition) is 6. The third-order valence-corrected chi connectivity index (χ3v) is 8.16. The lowest BCUT2D eigenvalue weighted by Crippen LogP contribution is -2.36. The zero-order chi connectivity index (χ0) is 26.8. The number of hydrogen-bond donors (Lipinski definition) is 1. The van der Waals surface area contributed by atoms with E-state index in [2.05, 4.69) is 86.6 Å². The van der Waals surface area contributed by atoms with Crippen LogP contribution in [-0.2, 0) is 18.3 Å². The number of nitrogens with zero attached hydrogens (tertiary/aromatic N) is 5. The molecule has 0 aliphatic carbocycles. The smallest absolute Gasteiger partial charge is 0.130 e. The van der Waals surface area contributed by atoms with Crippen molar-refractivity contribution in [2.75, 3.05) is 49.6 Å². The molecule has 0 atom stereocenters. The van der Waals surface area contributed by atoms with Crippen molar-refractivity contribution in [1.82, 2.24) is 19.4 Å². The normalized spacial score (nSPS) is 16.5. The maximum absolute atomic E-state index is 5.49.